The zero-order chi connectivity index (χ0) is 15.9. The lowest BCUT2D eigenvalue weighted by Crippen LogP contribution is -2.17. The number of halogens is 2. The van der Waals surface area contributed by atoms with Crippen LogP contribution in [0.1, 0.15) is 10.5 Å². The van der Waals surface area contributed by atoms with E-state index in [9.17, 15) is 9.18 Å². The SMILES string of the molecule is CNC(=O)c1cn2c(Cl)c(-c3ccc(F)cc3)nc(N)c2n1. The van der Waals surface area contributed by atoms with Crippen LogP contribution in [-0.2, 0) is 0 Å². The fourth-order valence-corrected chi connectivity index (χ4v) is 2.35. The third kappa shape index (κ3) is 2.25. The molecule has 6 nitrogen and oxygen atoms in total. The number of fused-ring (bicyclic) bond motifs is 1. The number of anilines is 1. The lowest BCUT2D eigenvalue weighted by Gasteiger charge is -2.07. The summed E-state index contributed by atoms with van der Waals surface area (Å²) < 4.78 is 14.5. The van der Waals surface area contributed by atoms with E-state index in [4.69, 9.17) is 17.3 Å². The number of nitrogens with one attached hydrogen (secondary N) is 1. The first kappa shape index (κ1) is 14.3. The van der Waals surface area contributed by atoms with E-state index >= 15 is 0 Å². The number of amides is 1. The first-order valence-electron chi connectivity index (χ1n) is 6.33. The Labute approximate surface area is 129 Å². The highest BCUT2D eigenvalue weighted by Crippen LogP contribution is 2.29. The Kier molecular flexibility index (Phi) is 3.42. The standard InChI is InChI=1S/C14H11ClFN5O/c1-18-14(22)9-6-21-11(15)10(20-12(17)13(21)19-9)7-2-4-8(16)5-3-7/h2-6H,1H3,(H2,17,20)(H,18,22). The molecule has 0 aliphatic heterocycles. The van der Waals surface area contributed by atoms with E-state index in [0.29, 0.717) is 11.3 Å². The fourth-order valence-electron chi connectivity index (χ4n) is 2.07. The largest absolute Gasteiger partial charge is 0.381 e. The maximum Gasteiger partial charge on any atom is 0.271 e. The number of benzene rings is 1. The highest BCUT2D eigenvalue weighted by Gasteiger charge is 2.17. The van der Waals surface area contributed by atoms with Crippen molar-refractivity contribution in [1.29, 1.82) is 0 Å². The van der Waals surface area contributed by atoms with Crippen LogP contribution in [0.15, 0.2) is 30.5 Å². The van der Waals surface area contributed by atoms with Gasteiger partial charge in [0.05, 0.1) is 0 Å². The molecule has 112 valence electrons. The van der Waals surface area contributed by atoms with E-state index < -0.39 is 0 Å². The number of aromatic nitrogens is 3. The average Bonchev–Trinajstić information content (AvgIpc) is 2.97. The van der Waals surface area contributed by atoms with Crippen molar-refractivity contribution in [3.05, 3.63) is 47.1 Å². The topological polar surface area (TPSA) is 85.3 Å². The van der Waals surface area contributed by atoms with Crippen molar-refractivity contribution >= 4 is 29.0 Å². The molecule has 3 rings (SSSR count). The molecule has 0 fully saturated rings. The predicted octanol–water partition coefficient (Wildman–Crippen LogP) is 2.13. The number of nitrogens with two attached hydrogens (primary N) is 1. The van der Waals surface area contributed by atoms with Crippen molar-refractivity contribution in [2.24, 2.45) is 0 Å². The van der Waals surface area contributed by atoms with Crippen molar-refractivity contribution < 1.29 is 9.18 Å². The van der Waals surface area contributed by atoms with Crippen LogP contribution < -0.4 is 11.1 Å². The fraction of sp³-hybridized carbons (Fsp3) is 0.0714. The van der Waals surface area contributed by atoms with Gasteiger partial charge in [-0.15, -0.1) is 0 Å². The predicted molar refractivity (Wildman–Crippen MR) is 81.2 cm³/mol. The highest BCUT2D eigenvalue weighted by atomic mass is 35.5. The van der Waals surface area contributed by atoms with Gasteiger partial charge in [0.25, 0.3) is 5.91 Å². The van der Waals surface area contributed by atoms with E-state index in [2.05, 4.69) is 15.3 Å². The van der Waals surface area contributed by atoms with E-state index in [1.54, 1.807) is 12.1 Å². The zero-order valence-electron chi connectivity index (χ0n) is 11.5. The van der Waals surface area contributed by atoms with Gasteiger partial charge in [-0.3, -0.25) is 9.20 Å². The molecule has 0 atom stereocenters. The van der Waals surface area contributed by atoms with Gasteiger partial charge in [-0.05, 0) is 24.3 Å². The molecule has 3 aromatic rings. The molecule has 0 saturated heterocycles. The zero-order valence-corrected chi connectivity index (χ0v) is 12.2. The summed E-state index contributed by atoms with van der Waals surface area (Å²) in [5.41, 5.74) is 7.34. The van der Waals surface area contributed by atoms with Crippen molar-refractivity contribution in [3.8, 4) is 11.3 Å². The number of carbonyl (C=O) groups excluding carboxylic acids is 1. The molecule has 8 heteroatoms. The van der Waals surface area contributed by atoms with Crippen molar-refractivity contribution in [3.63, 3.8) is 0 Å². The third-order valence-corrected chi connectivity index (χ3v) is 3.51. The molecule has 0 bridgehead atoms. The number of carbonyl (C=O) groups is 1. The lowest BCUT2D eigenvalue weighted by atomic mass is 10.1. The number of rotatable bonds is 2. The van der Waals surface area contributed by atoms with E-state index in [1.807, 2.05) is 0 Å². The Balaban J connectivity index is 2.23. The first-order chi connectivity index (χ1) is 10.5. The summed E-state index contributed by atoms with van der Waals surface area (Å²) >= 11 is 6.33. The molecular weight excluding hydrogens is 309 g/mol. The minimum absolute atomic E-state index is 0.124. The van der Waals surface area contributed by atoms with Crippen LogP contribution in [0, 0.1) is 5.82 Å². The Hall–Kier alpha value is -2.67. The van der Waals surface area contributed by atoms with Gasteiger partial charge in [-0.2, -0.15) is 0 Å². The van der Waals surface area contributed by atoms with Crippen LogP contribution in [0.5, 0.6) is 0 Å². The number of imidazole rings is 1. The normalized spacial score (nSPS) is 10.9. The van der Waals surface area contributed by atoms with Crippen molar-refractivity contribution in [2.75, 3.05) is 12.8 Å². The Bertz CT molecular complexity index is 875. The van der Waals surface area contributed by atoms with Crippen LogP contribution in [0.25, 0.3) is 16.9 Å². The summed E-state index contributed by atoms with van der Waals surface area (Å²) in [7, 11) is 1.50. The molecule has 2 heterocycles. The van der Waals surface area contributed by atoms with Gasteiger partial charge < -0.3 is 11.1 Å². The second-order valence-corrected chi connectivity index (χ2v) is 4.90. The minimum Gasteiger partial charge on any atom is -0.381 e. The smallest absolute Gasteiger partial charge is 0.271 e. The molecule has 0 radical (unpaired) electrons. The number of nitrogens with zero attached hydrogens (tertiary/aromatic N) is 3. The second kappa shape index (κ2) is 5.27. The Morgan fingerprint density at radius 1 is 1.32 bits per heavy atom. The summed E-state index contributed by atoms with van der Waals surface area (Å²) in [6.07, 6.45) is 1.47. The molecular formula is C14H11ClFN5O. The maximum absolute atomic E-state index is 13.0. The quantitative estimate of drug-likeness (QED) is 0.757. The number of hydrogen-bond acceptors (Lipinski definition) is 4. The monoisotopic (exact) mass is 319 g/mol. The summed E-state index contributed by atoms with van der Waals surface area (Å²) in [5.74, 6) is -0.597. The van der Waals surface area contributed by atoms with Crippen molar-refractivity contribution in [2.45, 2.75) is 0 Å². The molecule has 3 N–H and O–H groups in total. The maximum atomic E-state index is 13.0. The van der Waals surface area contributed by atoms with Crippen LogP contribution in [0.3, 0.4) is 0 Å². The summed E-state index contributed by atoms with van der Waals surface area (Å²) in [4.78, 5) is 20.0. The number of nitrogen functional groups attached to an aromatic ring is 1. The van der Waals surface area contributed by atoms with Gasteiger partial charge in [0.1, 0.15) is 22.4 Å². The molecule has 0 aliphatic carbocycles. The van der Waals surface area contributed by atoms with Gasteiger partial charge in [0.15, 0.2) is 11.5 Å². The van der Waals surface area contributed by atoms with Gasteiger partial charge >= 0.3 is 0 Å². The lowest BCUT2D eigenvalue weighted by molar-refractivity contribution is 0.0959. The summed E-state index contributed by atoms with van der Waals surface area (Å²) in [6, 6.07) is 5.70. The van der Waals surface area contributed by atoms with Crippen LogP contribution in [-0.4, -0.2) is 27.3 Å². The molecule has 22 heavy (non-hydrogen) atoms. The third-order valence-electron chi connectivity index (χ3n) is 3.15. The van der Waals surface area contributed by atoms with Gasteiger partial charge in [-0.1, -0.05) is 11.6 Å². The molecule has 2 aromatic heterocycles. The summed E-state index contributed by atoms with van der Waals surface area (Å²) in [6.45, 7) is 0. The Morgan fingerprint density at radius 3 is 2.64 bits per heavy atom. The molecule has 0 unspecified atom stereocenters. The Morgan fingerprint density at radius 2 is 2.00 bits per heavy atom. The van der Waals surface area contributed by atoms with E-state index in [1.165, 1.54) is 29.8 Å². The van der Waals surface area contributed by atoms with Crippen molar-refractivity contribution in [1.82, 2.24) is 19.7 Å². The molecule has 0 aliphatic rings. The van der Waals surface area contributed by atoms with Crippen LogP contribution in [0.2, 0.25) is 5.15 Å². The van der Waals surface area contributed by atoms with Gasteiger partial charge in [-0.25, -0.2) is 14.4 Å². The molecule has 0 saturated carbocycles. The minimum atomic E-state index is -0.363. The average molecular weight is 320 g/mol. The van der Waals surface area contributed by atoms with Crippen LogP contribution in [0.4, 0.5) is 10.2 Å². The van der Waals surface area contributed by atoms with Gasteiger partial charge in [0, 0.05) is 18.8 Å². The van der Waals surface area contributed by atoms with Crippen LogP contribution >= 0.6 is 11.6 Å². The summed E-state index contributed by atoms with van der Waals surface area (Å²) in [5, 5.41) is 2.71. The second-order valence-electron chi connectivity index (χ2n) is 4.54. The molecule has 0 spiro atoms. The van der Waals surface area contributed by atoms with E-state index in [0.717, 1.165) is 0 Å². The first-order valence-corrected chi connectivity index (χ1v) is 6.71. The molecule has 1 amide bonds. The van der Waals surface area contributed by atoms with Gasteiger partial charge in [0.2, 0.25) is 0 Å². The molecule has 1 aromatic carbocycles. The number of hydrogen-bond donors (Lipinski definition) is 2. The highest BCUT2D eigenvalue weighted by molar-refractivity contribution is 6.32. The van der Waals surface area contributed by atoms with E-state index in [-0.39, 0.29) is 34.0 Å².